The third kappa shape index (κ3) is 5.25. The summed E-state index contributed by atoms with van der Waals surface area (Å²) >= 11 is 1.64. The number of carbonyl (C=O) groups is 2. The van der Waals surface area contributed by atoms with Crippen LogP contribution in [0, 0.1) is 0 Å². The molecule has 2 N–H and O–H groups in total. The number of likely N-dealkylation sites (N-methyl/N-ethyl adjacent to an activating group) is 1. The molecule has 2 aliphatic rings. The zero-order valence-corrected chi connectivity index (χ0v) is 19.8. The number of nitrogens with one attached hydrogen (secondary N) is 1. The Hall–Kier alpha value is -2.37. The van der Waals surface area contributed by atoms with Crippen LogP contribution in [-0.4, -0.2) is 87.4 Å². The van der Waals surface area contributed by atoms with Gasteiger partial charge in [0.25, 0.3) is 0 Å². The van der Waals surface area contributed by atoms with Gasteiger partial charge < -0.3 is 19.3 Å². The summed E-state index contributed by atoms with van der Waals surface area (Å²) in [6, 6.07) is 12.9. The molecule has 0 aliphatic carbocycles. The predicted octanol–water partition coefficient (Wildman–Crippen LogP) is 1.13. The summed E-state index contributed by atoms with van der Waals surface area (Å²) in [7, 11) is 1.78. The molecule has 2 saturated heterocycles. The van der Waals surface area contributed by atoms with E-state index >= 15 is 0 Å². The van der Waals surface area contributed by atoms with E-state index in [-0.39, 0.29) is 24.9 Å². The van der Waals surface area contributed by atoms with Crippen molar-refractivity contribution in [3.8, 4) is 0 Å². The fourth-order valence-electron chi connectivity index (χ4n) is 4.52. The second-order valence-corrected chi connectivity index (χ2v) is 9.30. The van der Waals surface area contributed by atoms with Gasteiger partial charge in [-0.25, -0.2) is 5.01 Å². The minimum Gasteiger partial charge on any atom is -0.467 e. The number of furan rings is 1. The summed E-state index contributed by atoms with van der Waals surface area (Å²) in [6.45, 7) is 1.17. The maximum Gasteiger partial charge on any atom is 0.246 e. The lowest BCUT2D eigenvalue weighted by Crippen LogP contribution is -2.76. The molecule has 3 heterocycles. The smallest absolute Gasteiger partial charge is 0.246 e. The van der Waals surface area contributed by atoms with E-state index in [4.69, 9.17) is 4.42 Å². The third-order valence-electron chi connectivity index (χ3n) is 6.09. The fourth-order valence-corrected chi connectivity index (χ4v) is 4.98. The lowest BCUT2D eigenvalue weighted by atomic mass is 10.0. The SMILES string of the molecule is CSCC[C@H]1C(=O)N(Cc2ccco2)C[C@H]2N1C(=O)CN(C)N2C(O)NCc1ccccc1. The van der Waals surface area contributed by atoms with E-state index < -0.39 is 18.6 Å². The van der Waals surface area contributed by atoms with Gasteiger partial charge in [0.15, 0.2) is 6.35 Å². The minimum atomic E-state index is -1.03. The molecular formula is C23H31N5O4S. The van der Waals surface area contributed by atoms with Crippen LogP contribution in [0.4, 0.5) is 0 Å². The number of rotatable bonds is 9. The maximum atomic E-state index is 13.4. The van der Waals surface area contributed by atoms with Gasteiger partial charge in [-0.15, -0.1) is 0 Å². The highest BCUT2D eigenvalue weighted by Gasteiger charge is 2.50. The number of hydrazine groups is 1. The minimum absolute atomic E-state index is 0.0821. The van der Waals surface area contributed by atoms with Crippen LogP contribution in [0.25, 0.3) is 0 Å². The molecule has 0 spiro atoms. The molecule has 1 unspecified atom stereocenters. The van der Waals surface area contributed by atoms with E-state index in [1.807, 2.05) is 42.7 Å². The van der Waals surface area contributed by atoms with E-state index in [0.717, 1.165) is 11.3 Å². The quantitative estimate of drug-likeness (QED) is 0.524. The number of aliphatic hydroxyl groups is 1. The van der Waals surface area contributed by atoms with Gasteiger partial charge in [0.05, 0.1) is 25.9 Å². The van der Waals surface area contributed by atoms with Crippen molar-refractivity contribution < 1.29 is 19.1 Å². The Morgan fingerprint density at radius 2 is 2.00 bits per heavy atom. The van der Waals surface area contributed by atoms with Crippen molar-refractivity contribution in [3.63, 3.8) is 0 Å². The molecule has 3 atom stereocenters. The second kappa shape index (κ2) is 10.7. The molecular weight excluding hydrogens is 442 g/mol. The first-order chi connectivity index (χ1) is 16.0. The zero-order valence-electron chi connectivity index (χ0n) is 19.0. The zero-order chi connectivity index (χ0) is 23.4. The van der Waals surface area contributed by atoms with E-state index in [1.165, 1.54) is 0 Å². The first-order valence-electron chi connectivity index (χ1n) is 11.1. The summed E-state index contributed by atoms with van der Waals surface area (Å²) in [6.07, 6.45) is 2.61. The number of benzene rings is 1. The first-order valence-corrected chi connectivity index (χ1v) is 12.4. The molecule has 0 saturated carbocycles. The Morgan fingerprint density at radius 1 is 1.21 bits per heavy atom. The highest BCUT2D eigenvalue weighted by Crippen LogP contribution is 2.29. The number of hydrogen-bond acceptors (Lipinski definition) is 8. The number of thioether (sulfide) groups is 1. The van der Waals surface area contributed by atoms with Crippen molar-refractivity contribution in [3.05, 3.63) is 60.1 Å². The summed E-state index contributed by atoms with van der Waals surface area (Å²) in [5, 5.41) is 17.8. The molecule has 2 amide bonds. The van der Waals surface area contributed by atoms with E-state index in [2.05, 4.69) is 5.32 Å². The van der Waals surface area contributed by atoms with Crippen LogP contribution in [-0.2, 0) is 22.7 Å². The second-order valence-electron chi connectivity index (χ2n) is 8.31. The Kier molecular flexibility index (Phi) is 7.71. The Balaban J connectivity index is 1.58. The van der Waals surface area contributed by atoms with Gasteiger partial charge in [-0.1, -0.05) is 30.3 Å². The molecule has 33 heavy (non-hydrogen) atoms. The van der Waals surface area contributed by atoms with Crippen molar-refractivity contribution in [1.29, 1.82) is 0 Å². The van der Waals surface area contributed by atoms with Gasteiger partial charge in [-0.3, -0.25) is 14.9 Å². The molecule has 9 nitrogen and oxygen atoms in total. The average molecular weight is 474 g/mol. The average Bonchev–Trinajstić information content (AvgIpc) is 3.32. The van der Waals surface area contributed by atoms with Gasteiger partial charge in [0.2, 0.25) is 11.8 Å². The monoisotopic (exact) mass is 473 g/mol. The molecule has 2 fully saturated rings. The van der Waals surface area contributed by atoms with Crippen molar-refractivity contribution in [1.82, 2.24) is 25.1 Å². The number of hydrogen-bond donors (Lipinski definition) is 2. The topological polar surface area (TPSA) is 92.5 Å². The molecule has 178 valence electrons. The molecule has 1 aromatic heterocycles. The maximum absolute atomic E-state index is 13.4. The fraction of sp³-hybridized carbons (Fsp3) is 0.478. The number of nitrogens with zero attached hydrogens (tertiary/aromatic N) is 4. The number of amides is 2. The van der Waals surface area contributed by atoms with E-state index in [9.17, 15) is 14.7 Å². The molecule has 4 rings (SSSR count). The molecule has 1 aromatic carbocycles. The van der Waals surface area contributed by atoms with Crippen LogP contribution in [0.15, 0.2) is 53.1 Å². The van der Waals surface area contributed by atoms with Gasteiger partial charge in [0, 0.05) is 13.6 Å². The van der Waals surface area contributed by atoms with Crippen molar-refractivity contribution in [2.75, 3.05) is 32.1 Å². The van der Waals surface area contributed by atoms with Crippen molar-refractivity contribution in [2.45, 2.75) is 38.1 Å². The van der Waals surface area contributed by atoms with Crippen LogP contribution in [0.5, 0.6) is 0 Å². The standard InChI is InChI=1S/C23H31N5O4S/c1-25-16-21(29)27-19(10-12-33-2)22(30)26(14-18-9-6-11-32-18)15-20(27)28(25)23(31)24-13-17-7-4-3-5-8-17/h3-9,11,19-20,23-24,31H,10,12-16H2,1-2H3/t19-,20-,23?/m0/s1. The Bertz CT molecular complexity index is 928. The number of piperazine rings is 1. The van der Waals surface area contributed by atoms with Gasteiger partial charge in [-0.2, -0.15) is 16.8 Å². The molecule has 10 heteroatoms. The number of fused-ring (bicyclic) bond motifs is 1. The third-order valence-corrected chi connectivity index (χ3v) is 6.74. The summed E-state index contributed by atoms with van der Waals surface area (Å²) in [5.41, 5.74) is 1.04. The number of carbonyl (C=O) groups excluding carboxylic acids is 2. The van der Waals surface area contributed by atoms with E-state index in [1.54, 1.807) is 51.0 Å². The predicted molar refractivity (Wildman–Crippen MR) is 125 cm³/mol. The normalized spacial score (nSPS) is 23.1. The summed E-state index contributed by atoms with van der Waals surface area (Å²) in [5.74, 6) is 1.25. The lowest BCUT2D eigenvalue weighted by Gasteiger charge is -2.55. The molecule has 0 bridgehead atoms. The first kappa shape index (κ1) is 23.8. The highest BCUT2D eigenvalue weighted by atomic mass is 32.2. The summed E-state index contributed by atoms with van der Waals surface area (Å²) in [4.78, 5) is 29.9. The van der Waals surface area contributed by atoms with Gasteiger partial charge >= 0.3 is 0 Å². The highest BCUT2D eigenvalue weighted by molar-refractivity contribution is 7.98. The van der Waals surface area contributed by atoms with Crippen LogP contribution in [0.1, 0.15) is 17.7 Å². The van der Waals surface area contributed by atoms with Crippen molar-refractivity contribution >= 4 is 23.6 Å². The summed E-state index contributed by atoms with van der Waals surface area (Å²) < 4.78 is 5.48. The van der Waals surface area contributed by atoms with Crippen LogP contribution in [0.2, 0.25) is 0 Å². The molecule has 2 aliphatic heterocycles. The largest absolute Gasteiger partial charge is 0.467 e. The van der Waals surface area contributed by atoms with Crippen LogP contribution < -0.4 is 5.32 Å². The molecule has 0 radical (unpaired) electrons. The molecule has 2 aromatic rings. The Labute approximate surface area is 198 Å². The van der Waals surface area contributed by atoms with Gasteiger partial charge in [0.1, 0.15) is 18.0 Å². The number of aliphatic hydroxyl groups excluding tert-OH is 1. The Morgan fingerprint density at radius 3 is 2.70 bits per heavy atom. The lowest BCUT2D eigenvalue weighted by molar-refractivity contribution is -0.241. The van der Waals surface area contributed by atoms with Crippen LogP contribution >= 0.6 is 11.8 Å². The van der Waals surface area contributed by atoms with E-state index in [0.29, 0.717) is 25.3 Å². The van der Waals surface area contributed by atoms with Gasteiger partial charge in [-0.05, 0) is 36.1 Å². The van der Waals surface area contributed by atoms with Crippen LogP contribution in [0.3, 0.4) is 0 Å². The van der Waals surface area contributed by atoms with Crippen molar-refractivity contribution in [2.24, 2.45) is 0 Å².